The minimum absolute atomic E-state index is 0.156. The number of fused-ring (bicyclic) bond motifs is 3. The van der Waals surface area contributed by atoms with Crippen molar-refractivity contribution in [2.45, 2.75) is 34.8 Å². The molecule has 0 saturated heterocycles. The molecule has 2 N–H and O–H groups in total. The molecule has 0 aromatic heterocycles. The first-order chi connectivity index (χ1) is 14.9. The van der Waals surface area contributed by atoms with Gasteiger partial charge in [0.15, 0.2) is 21.4 Å². The second-order valence-corrected chi connectivity index (χ2v) is 10.2. The Labute approximate surface area is 180 Å². The monoisotopic (exact) mass is 478 g/mol. The Balaban J connectivity index is 1.98. The van der Waals surface area contributed by atoms with Crippen LogP contribution in [0.3, 0.4) is 0 Å². The Morgan fingerprint density at radius 3 is 2.28 bits per heavy atom. The van der Waals surface area contributed by atoms with E-state index in [1.807, 2.05) is 0 Å². The van der Waals surface area contributed by atoms with Gasteiger partial charge in [-0.2, -0.15) is 13.2 Å². The fraction of sp³-hybridized carbons (Fsp3) is 0.429. The summed E-state index contributed by atoms with van der Waals surface area (Å²) in [5.41, 5.74) is -1.64. The lowest BCUT2D eigenvalue weighted by Gasteiger charge is -2.51. The number of ether oxygens (including phenoxy) is 1. The Kier molecular flexibility index (Phi) is 5.50. The molecule has 0 amide bonds. The number of alkyl halides is 3. The van der Waals surface area contributed by atoms with E-state index in [1.165, 1.54) is 0 Å². The van der Waals surface area contributed by atoms with Gasteiger partial charge in [-0.05, 0) is 49.2 Å². The van der Waals surface area contributed by atoms with E-state index in [1.54, 1.807) is 0 Å². The van der Waals surface area contributed by atoms with Crippen LogP contribution in [0.25, 0.3) is 0 Å². The van der Waals surface area contributed by atoms with Crippen molar-refractivity contribution >= 4 is 9.84 Å². The van der Waals surface area contributed by atoms with Gasteiger partial charge >= 0.3 is 6.18 Å². The van der Waals surface area contributed by atoms with Crippen LogP contribution in [0.4, 0.5) is 22.0 Å². The Bertz CT molecular complexity index is 1130. The van der Waals surface area contributed by atoms with Crippen LogP contribution in [0.15, 0.2) is 41.3 Å². The van der Waals surface area contributed by atoms with E-state index in [9.17, 15) is 36.2 Å². The molecule has 1 aliphatic heterocycles. The first-order valence-electron chi connectivity index (χ1n) is 9.77. The number of halogens is 5. The first-order valence-corrected chi connectivity index (χ1v) is 11.3. The normalized spacial score (nSPS) is 27.9. The number of benzene rings is 2. The highest BCUT2D eigenvalue weighted by molar-refractivity contribution is 7.92. The summed E-state index contributed by atoms with van der Waals surface area (Å²) in [5.74, 6) is -4.86. The zero-order chi connectivity index (χ0) is 23.5. The zero-order valence-corrected chi connectivity index (χ0v) is 17.3. The molecule has 1 heterocycles. The van der Waals surface area contributed by atoms with Crippen LogP contribution in [-0.4, -0.2) is 37.9 Å². The smallest absolute Gasteiger partial charge is 0.416 e. The Morgan fingerprint density at radius 2 is 1.69 bits per heavy atom. The van der Waals surface area contributed by atoms with Gasteiger partial charge in [-0.25, -0.2) is 17.2 Å². The van der Waals surface area contributed by atoms with E-state index in [-0.39, 0.29) is 12.8 Å². The van der Waals surface area contributed by atoms with E-state index in [4.69, 9.17) is 4.74 Å². The second-order valence-electron chi connectivity index (χ2n) is 8.02. The molecular formula is C21H19F5O5S. The maximum absolute atomic E-state index is 15.1. The third-order valence-corrected chi connectivity index (χ3v) is 9.06. The highest BCUT2D eigenvalue weighted by Gasteiger charge is 2.62. The summed E-state index contributed by atoms with van der Waals surface area (Å²) in [5, 5.41) is 20.2. The van der Waals surface area contributed by atoms with Crippen LogP contribution >= 0.6 is 0 Å². The number of sulfone groups is 1. The number of aliphatic hydroxyl groups is 2. The van der Waals surface area contributed by atoms with Gasteiger partial charge in [-0.3, -0.25) is 0 Å². The fourth-order valence-electron chi connectivity index (χ4n) is 4.94. The topological polar surface area (TPSA) is 83.8 Å². The summed E-state index contributed by atoms with van der Waals surface area (Å²) >= 11 is 0. The summed E-state index contributed by atoms with van der Waals surface area (Å²) in [6.45, 7) is -1.08. The van der Waals surface area contributed by atoms with Gasteiger partial charge in [0.05, 0.1) is 28.7 Å². The number of aliphatic hydroxyl groups excluding tert-OH is 2. The van der Waals surface area contributed by atoms with Crippen LogP contribution in [-0.2, 0) is 20.8 Å². The lowest BCUT2D eigenvalue weighted by atomic mass is 9.66. The number of hydrogen-bond acceptors (Lipinski definition) is 5. The average molecular weight is 478 g/mol. The largest absolute Gasteiger partial charge is 0.490 e. The minimum Gasteiger partial charge on any atom is -0.490 e. The molecule has 11 heteroatoms. The fourth-order valence-corrected chi connectivity index (χ4v) is 7.34. The molecule has 174 valence electrons. The van der Waals surface area contributed by atoms with Crippen LogP contribution in [0, 0.1) is 23.5 Å². The molecule has 2 aliphatic rings. The minimum atomic E-state index is -4.69. The molecule has 0 unspecified atom stereocenters. The van der Waals surface area contributed by atoms with E-state index >= 15 is 4.39 Å². The average Bonchev–Trinajstić information content (AvgIpc) is 2.75. The molecule has 1 saturated carbocycles. The summed E-state index contributed by atoms with van der Waals surface area (Å²) in [6, 6.07) is 4.28. The Morgan fingerprint density at radius 1 is 1.06 bits per heavy atom. The molecule has 2 aromatic carbocycles. The highest BCUT2D eigenvalue weighted by Crippen LogP contribution is 2.58. The van der Waals surface area contributed by atoms with Crippen molar-refractivity contribution < 1.29 is 45.3 Å². The molecular weight excluding hydrogens is 459 g/mol. The van der Waals surface area contributed by atoms with E-state index in [0.717, 1.165) is 24.3 Å². The van der Waals surface area contributed by atoms with Gasteiger partial charge in [-0.1, -0.05) is 0 Å². The quantitative estimate of drug-likeness (QED) is 0.661. The van der Waals surface area contributed by atoms with Gasteiger partial charge in [0.2, 0.25) is 0 Å². The molecule has 4 atom stereocenters. The van der Waals surface area contributed by atoms with Gasteiger partial charge in [0.1, 0.15) is 10.6 Å². The zero-order valence-electron chi connectivity index (χ0n) is 16.4. The SMILES string of the molecule is O=S(=O)(c1ccc(C(F)(F)F)cc1)[C@@]12CC[C@H](O)[C@@H](CO)[C@@H]1COc1c(F)ccc(F)c12. The third-order valence-electron chi connectivity index (χ3n) is 6.49. The molecule has 1 fully saturated rings. The maximum Gasteiger partial charge on any atom is 0.416 e. The van der Waals surface area contributed by atoms with Crippen molar-refractivity contribution in [2.24, 2.45) is 11.8 Å². The molecule has 4 rings (SSSR count). The molecule has 5 nitrogen and oxygen atoms in total. The summed E-state index contributed by atoms with van der Waals surface area (Å²) in [6.07, 6.45) is -6.31. The molecule has 0 bridgehead atoms. The van der Waals surface area contributed by atoms with Crippen LogP contribution < -0.4 is 4.74 Å². The number of hydrogen-bond donors (Lipinski definition) is 2. The van der Waals surface area contributed by atoms with Gasteiger partial charge in [0, 0.05) is 18.4 Å². The highest BCUT2D eigenvalue weighted by atomic mass is 32.2. The second kappa shape index (κ2) is 7.67. The summed E-state index contributed by atoms with van der Waals surface area (Å²) in [4.78, 5) is -0.514. The van der Waals surface area contributed by atoms with Crippen molar-refractivity contribution in [3.05, 3.63) is 59.2 Å². The summed E-state index contributed by atoms with van der Waals surface area (Å²) in [7, 11) is -4.64. The van der Waals surface area contributed by atoms with E-state index in [2.05, 4.69) is 0 Å². The lowest BCUT2D eigenvalue weighted by Crippen LogP contribution is -2.58. The Hall–Kier alpha value is -2.24. The van der Waals surface area contributed by atoms with Gasteiger partial charge in [-0.15, -0.1) is 0 Å². The predicted molar refractivity (Wildman–Crippen MR) is 101 cm³/mol. The number of rotatable bonds is 3. The summed E-state index contributed by atoms with van der Waals surface area (Å²) < 4.78 is 99.5. The molecule has 1 aliphatic carbocycles. The van der Waals surface area contributed by atoms with Crippen LogP contribution in [0.2, 0.25) is 0 Å². The van der Waals surface area contributed by atoms with Crippen molar-refractivity contribution in [2.75, 3.05) is 13.2 Å². The van der Waals surface area contributed by atoms with Crippen molar-refractivity contribution in [3.8, 4) is 5.75 Å². The van der Waals surface area contributed by atoms with Crippen molar-refractivity contribution in [1.82, 2.24) is 0 Å². The lowest BCUT2D eigenvalue weighted by molar-refractivity contribution is -0.137. The van der Waals surface area contributed by atoms with Crippen molar-refractivity contribution in [3.63, 3.8) is 0 Å². The predicted octanol–water partition coefficient (Wildman–Crippen LogP) is 3.42. The first kappa shape index (κ1) is 22.9. The van der Waals surface area contributed by atoms with Crippen molar-refractivity contribution in [1.29, 1.82) is 0 Å². The van der Waals surface area contributed by atoms with Gasteiger partial charge in [0.25, 0.3) is 0 Å². The van der Waals surface area contributed by atoms with E-state index < -0.39 is 85.3 Å². The van der Waals surface area contributed by atoms with Crippen LogP contribution in [0.1, 0.15) is 24.0 Å². The van der Waals surface area contributed by atoms with E-state index in [0.29, 0.717) is 12.1 Å². The molecule has 0 spiro atoms. The maximum atomic E-state index is 15.1. The van der Waals surface area contributed by atoms with Crippen LogP contribution in [0.5, 0.6) is 5.75 Å². The van der Waals surface area contributed by atoms with Gasteiger partial charge < -0.3 is 14.9 Å². The molecule has 32 heavy (non-hydrogen) atoms. The molecule has 0 radical (unpaired) electrons. The third kappa shape index (κ3) is 3.20. The standard InChI is InChI=1S/C21H19F5O5S/c22-15-5-6-16(23)19-18(15)20(8-7-17(28)13(9-27)14(20)10-31-19)32(29,30)12-3-1-11(2-4-12)21(24,25)26/h1-6,13-14,17,27-28H,7-10H2/t13-,14-,17-,20-/m0/s1. The molecule has 2 aromatic rings.